The van der Waals surface area contributed by atoms with Crippen LogP contribution >= 0.6 is 0 Å². The predicted octanol–water partition coefficient (Wildman–Crippen LogP) is 1.23. The van der Waals surface area contributed by atoms with E-state index < -0.39 is 0 Å². The number of fused-ring (bicyclic) bond motifs is 2. The second kappa shape index (κ2) is 1.81. The van der Waals surface area contributed by atoms with Crippen molar-refractivity contribution in [3.05, 3.63) is 22.3 Å². The highest BCUT2D eigenvalue weighted by Crippen LogP contribution is 2.40. The Morgan fingerprint density at radius 2 is 2.20 bits per heavy atom. The van der Waals surface area contributed by atoms with E-state index in [1.165, 1.54) is 0 Å². The molecule has 1 fully saturated rings. The van der Waals surface area contributed by atoms with Gasteiger partial charge in [-0.2, -0.15) is 0 Å². The van der Waals surface area contributed by atoms with Crippen molar-refractivity contribution in [2.24, 2.45) is 11.8 Å². The first kappa shape index (κ1) is 5.89. The summed E-state index contributed by atoms with van der Waals surface area (Å²) >= 11 is 0. The van der Waals surface area contributed by atoms with E-state index in [-0.39, 0.29) is 16.9 Å². The summed E-state index contributed by atoms with van der Waals surface area (Å²) < 4.78 is 0. The Morgan fingerprint density at radius 3 is 2.50 bits per heavy atom. The Labute approximate surface area is 58.9 Å². The minimum absolute atomic E-state index is 0.131. The van der Waals surface area contributed by atoms with Crippen LogP contribution in [0.4, 0.5) is 0 Å². The Bertz CT molecular complexity index is 200. The minimum Gasteiger partial charge on any atom is -0.264 e. The highest BCUT2D eigenvalue weighted by molar-refractivity contribution is 5.10. The number of allylic oxidation sites excluding steroid dienone is 1. The van der Waals surface area contributed by atoms with Gasteiger partial charge in [-0.1, -0.05) is 12.2 Å². The van der Waals surface area contributed by atoms with E-state index in [0.29, 0.717) is 5.92 Å². The fraction of sp³-hybridized carbons (Fsp3) is 0.714. The van der Waals surface area contributed by atoms with Crippen LogP contribution in [0.15, 0.2) is 12.2 Å². The van der Waals surface area contributed by atoms with Crippen LogP contribution in [0.3, 0.4) is 0 Å². The van der Waals surface area contributed by atoms with Gasteiger partial charge in [-0.3, -0.25) is 10.1 Å². The average Bonchev–Trinajstić information content (AvgIpc) is 2.44. The molecule has 0 aromatic heterocycles. The van der Waals surface area contributed by atoms with Crippen LogP contribution in [0.2, 0.25) is 0 Å². The maximum atomic E-state index is 10.4. The topological polar surface area (TPSA) is 43.1 Å². The number of nitrogens with zero attached hydrogens (tertiary/aromatic N) is 1. The summed E-state index contributed by atoms with van der Waals surface area (Å²) in [5, 5.41) is 10.4. The molecule has 1 saturated carbocycles. The third kappa shape index (κ3) is 0.664. The fourth-order valence-electron chi connectivity index (χ4n) is 1.99. The zero-order valence-corrected chi connectivity index (χ0v) is 5.56. The van der Waals surface area contributed by atoms with Gasteiger partial charge in [-0.25, -0.2) is 0 Å². The van der Waals surface area contributed by atoms with E-state index in [1.54, 1.807) is 0 Å². The fourth-order valence-corrected chi connectivity index (χ4v) is 1.99. The molecule has 2 aliphatic rings. The van der Waals surface area contributed by atoms with Gasteiger partial charge in [-0.15, -0.1) is 0 Å². The molecule has 2 bridgehead atoms. The Hall–Kier alpha value is -0.860. The van der Waals surface area contributed by atoms with E-state index in [0.717, 1.165) is 12.8 Å². The molecule has 54 valence electrons. The summed E-state index contributed by atoms with van der Waals surface area (Å²) in [7, 11) is 0. The zero-order chi connectivity index (χ0) is 7.14. The second-order valence-electron chi connectivity index (χ2n) is 3.13. The van der Waals surface area contributed by atoms with Gasteiger partial charge in [0.05, 0.1) is 0 Å². The van der Waals surface area contributed by atoms with Crippen LogP contribution in [-0.4, -0.2) is 11.0 Å². The van der Waals surface area contributed by atoms with Crippen molar-refractivity contribution in [3.8, 4) is 0 Å². The Morgan fingerprint density at radius 1 is 1.40 bits per heavy atom. The molecule has 2 rings (SSSR count). The Balaban J connectivity index is 2.16. The molecule has 0 aromatic rings. The largest absolute Gasteiger partial charge is 0.264 e. The maximum absolute atomic E-state index is 10.4. The molecule has 0 radical (unpaired) electrons. The molecule has 0 N–H and O–H groups in total. The molecule has 3 heteroatoms. The lowest BCUT2D eigenvalue weighted by Gasteiger charge is -2.08. The van der Waals surface area contributed by atoms with Crippen molar-refractivity contribution in [1.82, 2.24) is 0 Å². The van der Waals surface area contributed by atoms with E-state index >= 15 is 0 Å². The quantitative estimate of drug-likeness (QED) is 0.311. The third-order valence-electron chi connectivity index (χ3n) is 2.51. The van der Waals surface area contributed by atoms with Crippen LogP contribution in [0, 0.1) is 22.0 Å². The first-order valence-corrected chi connectivity index (χ1v) is 3.59. The molecular formula is C7H9NO2. The smallest absolute Gasteiger partial charge is 0.219 e. The molecule has 3 atom stereocenters. The molecule has 0 aromatic carbocycles. The van der Waals surface area contributed by atoms with Crippen molar-refractivity contribution in [2.45, 2.75) is 18.9 Å². The van der Waals surface area contributed by atoms with Crippen LogP contribution in [0.25, 0.3) is 0 Å². The first-order valence-electron chi connectivity index (χ1n) is 3.59. The summed E-state index contributed by atoms with van der Waals surface area (Å²) in [5.74, 6) is 0.764. The lowest BCUT2D eigenvalue weighted by Crippen LogP contribution is -2.23. The van der Waals surface area contributed by atoms with Gasteiger partial charge in [0, 0.05) is 17.3 Å². The number of rotatable bonds is 1. The summed E-state index contributed by atoms with van der Waals surface area (Å²) in [4.78, 5) is 10.2. The minimum atomic E-state index is -0.269. The van der Waals surface area contributed by atoms with Crippen molar-refractivity contribution >= 4 is 0 Å². The highest BCUT2D eigenvalue weighted by atomic mass is 16.6. The molecule has 3 nitrogen and oxygen atoms in total. The van der Waals surface area contributed by atoms with E-state index in [1.807, 2.05) is 6.08 Å². The van der Waals surface area contributed by atoms with Gasteiger partial charge in [0.1, 0.15) is 0 Å². The number of hydrogen-bond donors (Lipinski definition) is 0. The molecule has 10 heavy (non-hydrogen) atoms. The molecule has 2 aliphatic carbocycles. The van der Waals surface area contributed by atoms with E-state index in [2.05, 4.69) is 6.08 Å². The molecule has 0 unspecified atom stereocenters. The number of hydrogen-bond acceptors (Lipinski definition) is 2. The molecular weight excluding hydrogens is 130 g/mol. The summed E-state index contributed by atoms with van der Waals surface area (Å²) in [5.41, 5.74) is 0. The van der Waals surface area contributed by atoms with Gasteiger partial charge in [0.15, 0.2) is 0 Å². The highest BCUT2D eigenvalue weighted by Gasteiger charge is 2.42. The van der Waals surface area contributed by atoms with Crippen molar-refractivity contribution in [1.29, 1.82) is 0 Å². The molecule has 0 saturated heterocycles. The van der Waals surface area contributed by atoms with Crippen LogP contribution < -0.4 is 0 Å². The van der Waals surface area contributed by atoms with Crippen molar-refractivity contribution in [2.75, 3.05) is 0 Å². The molecule has 0 aliphatic heterocycles. The predicted molar refractivity (Wildman–Crippen MR) is 36.1 cm³/mol. The SMILES string of the molecule is O=[N+]([O-])[C@H]1C[C@@H]2C=C[C@@H]1C2. The van der Waals surface area contributed by atoms with Gasteiger partial charge in [-0.05, 0) is 12.3 Å². The standard InChI is InChI=1S/C7H9NO2/c9-8(10)7-4-5-1-2-6(7)3-5/h1-2,5-7H,3-4H2/t5-,6-,7+/m1/s1. The lowest BCUT2D eigenvalue weighted by molar-refractivity contribution is -0.527. The monoisotopic (exact) mass is 139 g/mol. The van der Waals surface area contributed by atoms with Crippen LogP contribution in [0.1, 0.15) is 12.8 Å². The van der Waals surface area contributed by atoms with Crippen LogP contribution in [0.5, 0.6) is 0 Å². The van der Waals surface area contributed by atoms with Gasteiger partial charge < -0.3 is 0 Å². The lowest BCUT2D eigenvalue weighted by atomic mass is 10.0. The van der Waals surface area contributed by atoms with Gasteiger partial charge in [0.2, 0.25) is 6.04 Å². The summed E-state index contributed by atoms with van der Waals surface area (Å²) in [6.45, 7) is 0. The van der Waals surface area contributed by atoms with Gasteiger partial charge >= 0.3 is 0 Å². The zero-order valence-electron chi connectivity index (χ0n) is 5.56. The van der Waals surface area contributed by atoms with E-state index in [9.17, 15) is 10.1 Å². The van der Waals surface area contributed by atoms with E-state index in [4.69, 9.17) is 0 Å². The average molecular weight is 139 g/mol. The van der Waals surface area contributed by atoms with Crippen molar-refractivity contribution in [3.63, 3.8) is 0 Å². The van der Waals surface area contributed by atoms with Crippen molar-refractivity contribution < 1.29 is 4.92 Å². The molecule has 0 heterocycles. The number of nitro groups is 1. The molecule has 0 spiro atoms. The Kier molecular flexibility index (Phi) is 1.07. The molecule has 0 amide bonds. The second-order valence-corrected chi connectivity index (χ2v) is 3.13. The summed E-state index contributed by atoms with van der Waals surface area (Å²) in [6, 6.07) is -0.269. The van der Waals surface area contributed by atoms with Gasteiger partial charge in [0.25, 0.3) is 0 Å². The third-order valence-corrected chi connectivity index (χ3v) is 2.51. The van der Waals surface area contributed by atoms with Crippen LogP contribution in [-0.2, 0) is 0 Å². The maximum Gasteiger partial charge on any atom is 0.219 e. The first-order chi connectivity index (χ1) is 4.77. The summed E-state index contributed by atoms with van der Waals surface area (Å²) in [6.07, 6.45) is 5.91. The normalized spacial score (nSPS) is 42.6.